The molecule has 2 aromatic carbocycles. The molecule has 0 aliphatic carbocycles. The highest BCUT2D eigenvalue weighted by Crippen LogP contribution is 2.18. The summed E-state index contributed by atoms with van der Waals surface area (Å²) in [6.45, 7) is 0. The maximum absolute atomic E-state index is 8.81. The molecule has 0 atom stereocenters. The second-order valence-corrected chi connectivity index (χ2v) is 3.25. The van der Waals surface area contributed by atoms with Crippen LogP contribution in [-0.2, 0) is 0 Å². The maximum atomic E-state index is 8.81. The Labute approximate surface area is 74.6 Å². The Bertz CT molecular complexity index is 457. The summed E-state index contributed by atoms with van der Waals surface area (Å²) in [6, 6.07) is 14.0. The van der Waals surface area contributed by atoms with Crippen molar-refractivity contribution in [2.75, 3.05) is 0 Å². The monoisotopic (exact) mass is 173 g/mol. The van der Waals surface area contributed by atoms with Crippen LogP contribution in [-0.4, -0.2) is 0 Å². The Hall–Kier alpha value is -1.37. The summed E-state index contributed by atoms with van der Waals surface area (Å²) >= 11 is 0.784. The van der Waals surface area contributed by atoms with Gasteiger partial charge in [-0.3, -0.25) is 0 Å². The predicted molar refractivity (Wildman–Crippen MR) is 51.5 cm³/mol. The van der Waals surface area contributed by atoms with Crippen LogP contribution in [0.3, 0.4) is 0 Å². The van der Waals surface area contributed by atoms with Gasteiger partial charge in [0.15, 0.2) is 0 Å². The van der Waals surface area contributed by atoms with Gasteiger partial charge in [-0.1, -0.05) is 30.3 Å². The third kappa shape index (κ3) is 1.18. The lowest BCUT2D eigenvalue weighted by atomic mass is 10.1. The molecule has 0 aromatic heterocycles. The van der Waals surface area contributed by atoms with Gasteiger partial charge >= 0.3 is 0 Å². The van der Waals surface area contributed by atoms with Crippen LogP contribution < -0.4 is 0 Å². The summed E-state index contributed by atoms with van der Waals surface area (Å²) in [5.41, 5.74) is 0. The highest BCUT2D eigenvalue weighted by molar-refractivity contribution is 7.85. The van der Waals surface area contributed by atoms with E-state index in [1.54, 1.807) is 0 Å². The molecule has 0 saturated carbocycles. The van der Waals surface area contributed by atoms with Crippen molar-refractivity contribution in [2.45, 2.75) is 4.90 Å². The van der Waals surface area contributed by atoms with Gasteiger partial charge in [0.25, 0.3) is 0 Å². The average Bonchev–Trinajstić information content (AvgIpc) is 2.17. The van der Waals surface area contributed by atoms with Crippen LogP contribution >= 0.6 is 11.4 Å². The standard InChI is InChI=1S/C10H7NS/c11-12-10-6-5-8-3-1-2-4-9(8)7-10/h1-7H. The molecule has 0 spiro atoms. The summed E-state index contributed by atoms with van der Waals surface area (Å²) in [5.74, 6) is 0. The van der Waals surface area contributed by atoms with Gasteiger partial charge in [-0.25, -0.2) is 0 Å². The fourth-order valence-corrected chi connectivity index (χ4v) is 1.53. The van der Waals surface area contributed by atoms with Crippen molar-refractivity contribution in [3.8, 4) is 0 Å². The van der Waals surface area contributed by atoms with Gasteiger partial charge in [-0.05, 0) is 22.9 Å². The predicted octanol–water partition coefficient (Wildman–Crippen LogP) is 3.41. The highest BCUT2D eigenvalue weighted by Gasteiger charge is 1.92. The first-order chi connectivity index (χ1) is 5.90. The molecule has 0 unspecified atom stereocenters. The summed E-state index contributed by atoms with van der Waals surface area (Å²) in [7, 11) is 0. The first kappa shape index (κ1) is 7.29. The molecular weight excluding hydrogens is 166 g/mol. The fraction of sp³-hybridized carbons (Fsp3) is 0. The van der Waals surface area contributed by atoms with Gasteiger partial charge in [0.05, 0.1) is 16.3 Å². The summed E-state index contributed by atoms with van der Waals surface area (Å²) in [5, 5.41) is 2.37. The molecule has 0 bridgehead atoms. The summed E-state index contributed by atoms with van der Waals surface area (Å²) < 4.78 is 8.81. The van der Waals surface area contributed by atoms with Crippen molar-refractivity contribution in [1.82, 2.24) is 0 Å². The van der Waals surface area contributed by atoms with E-state index in [0.717, 1.165) is 21.7 Å². The lowest BCUT2D eigenvalue weighted by molar-refractivity contribution is 1.50. The third-order valence-electron chi connectivity index (χ3n) is 1.83. The van der Waals surface area contributed by atoms with E-state index in [0.29, 0.717) is 0 Å². The second-order valence-electron chi connectivity index (χ2n) is 2.60. The van der Waals surface area contributed by atoms with Crippen molar-refractivity contribution in [2.24, 2.45) is 0 Å². The number of hydrogen-bond acceptors (Lipinski definition) is 1. The number of hydrogen-bond donors (Lipinski definition) is 0. The second kappa shape index (κ2) is 2.94. The van der Waals surface area contributed by atoms with E-state index in [4.69, 9.17) is 4.61 Å². The number of rotatable bonds is 0. The Morgan fingerprint density at radius 1 is 0.917 bits per heavy atom. The van der Waals surface area contributed by atoms with Crippen molar-refractivity contribution in [3.63, 3.8) is 0 Å². The molecule has 0 radical (unpaired) electrons. The molecular formula is C10H7NS. The van der Waals surface area contributed by atoms with Crippen LogP contribution in [0.5, 0.6) is 0 Å². The molecule has 0 saturated heterocycles. The van der Waals surface area contributed by atoms with Crippen LogP contribution in [0.25, 0.3) is 10.8 Å². The van der Waals surface area contributed by atoms with Gasteiger partial charge < -0.3 is 0 Å². The molecule has 0 fully saturated rings. The van der Waals surface area contributed by atoms with Crippen LogP contribution in [0.2, 0.25) is 0 Å². The summed E-state index contributed by atoms with van der Waals surface area (Å²) in [6.07, 6.45) is 0. The normalized spacial score (nSPS) is 9.92. The molecule has 2 aromatic rings. The minimum atomic E-state index is 0.784. The van der Waals surface area contributed by atoms with E-state index in [2.05, 4.69) is 6.07 Å². The van der Waals surface area contributed by atoms with Crippen LogP contribution in [0.15, 0.2) is 47.4 Å². The van der Waals surface area contributed by atoms with E-state index in [-0.39, 0.29) is 0 Å². The molecule has 58 valence electrons. The van der Waals surface area contributed by atoms with Gasteiger partial charge in [0.2, 0.25) is 0 Å². The Morgan fingerprint density at radius 3 is 2.42 bits per heavy atom. The Balaban J connectivity index is 2.78. The molecule has 0 aliphatic heterocycles. The molecule has 0 amide bonds. The van der Waals surface area contributed by atoms with E-state index in [1.165, 1.54) is 5.39 Å². The van der Waals surface area contributed by atoms with Gasteiger partial charge in [-0.2, -0.15) is 4.61 Å². The van der Waals surface area contributed by atoms with Crippen molar-refractivity contribution < 1.29 is 0 Å². The van der Waals surface area contributed by atoms with Crippen LogP contribution in [0.1, 0.15) is 0 Å². The molecule has 2 heteroatoms. The third-order valence-corrected chi connectivity index (χ3v) is 2.29. The smallest absolute Gasteiger partial charge is 0.0642 e. The zero-order chi connectivity index (χ0) is 8.39. The topological polar surface area (TPSA) is 23.8 Å². The van der Waals surface area contributed by atoms with Gasteiger partial charge in [0, 0.05) is 0 Å². The number of nitrogens with zero attached hydrogens (tertiary/aromatic N) is 1. The van der Waals surface area contributed by atoms with Gasteiger partial charge in [-0.15, -0.1) is 0 Å². The quantitative estimate of drug-likeness (QED) is 0.599. The number of benzene rings is 2. The van der Waals surface area contributed by atoms with Crippen molar-refractivity contribution in [3.05, 3.63) is 42.5 Å². The van der Waals surface area contributed by atoms with E-state index < -0.39 is 0 Å². The average molecular weight is 173 g/mol. The Morgan fingerprint density at radius 2 is 1.67 bits per heavy atom. The minimum absolute atomic E-state index is 0.784. The minimum Gasteiger partial charge on any atom is -0.172 e. The fourth-order valence-electron chi connectivity index (χ4n) is 1.22. The molecule has 1 nitrogen and oxygen atoms in total. The zero-order valence-corrected chi connectivity index (χ0v) is 7.21. The first-order valence-electron chi connectivity index (χ1n) is 3.70. The molecule has 0 N–H and O–H groups in total. The highest BCUT2D eigenvalue weighted by atomic mass is 32.1. The van der Waals surface area contributed by atoms with Crippen molar-refractivity contribution in [1.29, 1.82) is 4.61 Å². The number of fused-ring (bicyclic) bond motifs is 1. The van der Waals surface area contributed by atoms with Crippen LogP contribution in [0.4, 0.5) is 0 Å². The molecule has 2 rings (SSSR count). The van der Waals surface area contributed by atoms with Gasteiger partial charge in [0.1, 0.15) is 0 Å². The Kier molecular flexibility index (Phi) is 1.78. The van der Waals surface area contributed by atoms with Crippen LogP contribution in [0, 0.1) is 4.61 Å². The van der Waals surface area contributed by atoms with E-state index >= 15 is 0 Å². The zero-order valence-electron chi connectivity index (χ0n) is 6.40. The lowest BCUT2D eigenvalue weighted by Gasteiger charge is -1.95. The molecule has 12 heavy (non-hydrogen) atoms. The van der Waals surface area contributed by atoms with E-state index in [1.807, 2.05) is 36.4 Å². The maximum Gasteiger partial charge on any atom is 0.0642 e. The summed E-state index contributed by atoms with van der Waals surface area (Å²) in [4.78, 5) is 0.883. The lowest BCUT2D eigenvalue weighted by Crippen LogP contribution is -1.70. The molecule has 0 heterocycles. The SMILES string of the molecule is N#Sc1ccc2ccccc2c1. The first-order valence-corrected chi connectivity index (χ1v) is 4.48. The van der Waals surface area contributed by atoms with E-state index in [9.17, 15) is 0 Å². The largest absolute Gasteiger partial charge is 0.172 e. The molecule has 0 aliphatic rings. The van der Waals surface area contributed by atoms with Crippen molar-refractivity contribution >= 4 is 22.2 Å².